The molecule has 5 N–H and O–H groups in total. The van der Waals surface area contributed by atoms with Crippen molar-refractivity contribution < 1.29 is 9.63 Å². The van der Waals surface area contributed by atoms with Gasteiger partial charge < -0.3 is 20.3 Å². The van der Waals surface area contributed by atoms with E-state index in [1.54, 1.807) is 18.2 Å². The maximum absolute atomic E-state index is 11.3. The molecule has 0 atom stereocenters. The van der Waals surface area contributed by atoms with Crippen molar-refractivity contribution in [2.45, 2.75) is 6.92 Å². The van der Waals surface area contributed by atoms with Crippen molar-refractivity contribution in [3.8, 4) is 17.1 Å². The van der Waals surface area contributed by atoms with E-state index in [0.29, 0.717) is 5.56 Å². The first-order chi connectivity index (χ1) is 8.58. The zero-order valence-electron chi connectivity index (χ0n) is 9.57. The molecule has 0 amide bonds. The highest BCUT2D eigenvalue weighted by atomic mass is 16.5. The first kappa shape index (κ1) is 10.5. The maximum Gasteiger partial charge on any atom is 0.303 e. The maximum atomic E-state index is 11.3. The quantitative estimate of drug-likeness (QED) is 0.523. The Morgan fingerprint density at radius 2 is 2.17 bits per heavy atom. The van der Waals surface area contributed by atoms with Gasteiger partial charge in [-0.05, 0) is 25.1 Å². The number of hydrogen-bond donors (Lipinski definition) is 4. The summed E-state index contributed by atoms with van der Waals surface area (Å²) in [5.41, 5.74) is 7.57. The van der Waals surface area contributed by atoms with Crippen molar-refractivity contribution in [2.24, 2.45) is 0 Å². The fraction of sp³-hybridized carbons (Fsp3) is 0.0833. The number of nitrogen functional groups attached to an aromatic ring is 1. The van der Waals surface area contributed by atoms with E-state index in [2.05, 4.69) is 10.1 Å². The number of nitrogens with two attached hydrogens (primary N) is 1. The van der Waals surface area contributed by atoms with Crippen molar-refractivity contribution in [3.63, 3.8) is 0 Å². The summed E-state index contributed by atoms with van der Waals surface area (Å²) in [6, 6.07) is 4.93. The lowest BCUT2D eigenvalue weighted by Crippen LogP contribution is -2.04. The van der Waals surface area contributed by atoms with E-state index in [4.69, 9.17) is 10.3 Å². The molecule has 0 bridgehead atoms. The summed E-state index contributed by atoms with van der Waals surface area (Å²) in [5.74, 6) is 0.425. The molecule has 2 aromatic heterocycles. The van der Waals surface area contributed by atoms with Gasteiger partial charge in [0, 0.05) is 16.6 Å². The first-order valence-corrected chi connectivity index (χ1v) is 5.36. The van der Waals surface area contributed by atoms with Crippen LogP contribution in [0.1, 0.15) is 5.69 Å². The van der Waals surface area contributed by atoms with Gasteiger partial charge in [-0.1, -0.05) is 0 Å². The second-order valence-corrected chi connectivity index (χ2v) is 4.13. The number of nitrogens with one attached hydrogen (secondary N) is 2. The molecule has 0 saturated carbocycles. The summed E-state index contributed by atoms with van der Waals surface area (Å²) < 4.78 is 5.10. The standard InChI is InChI=1S/C12H11N3O3/c1-5-9(11-10(13)12(17)15-18-11)7-4-6(16)2-3-8(7)14-5/h2-4,14,16H,13H2,1H3,(H,15,17). The smallest absolute Gasteiger partial charge is 0.303 e. The predicted octanol–water partition coefficient (Wildman–Crippen LogP) is 1.71. The number of H-pyrrole nitrogens is 2. The van der Waals surface area contributed by atoms with E-state index in [9.17, 15) is 9.90 Å². The van der Waals surface area contributed by atoms with Gasteiger partial charge in [0.2, 0.25) is 0 Å². The molecule has 0 radical (unpaired) electrons. The summed E-state index contributed by atoms with van der Waals surface area (Å²) in [5, 5.41) is 12.5. The molecule has 0 aliphatic carbocycles. The van der Waals surface area contributed by atoms with E-state index in [1.165, 1.54) is 0 Å². The summed E-state index contributed by atoms with van der Waals surface area (Å²) >= 11 is 0. The lowest BCUT2D eigenvalue weighted by atomic mass is 10.1. The van der Waals surface area contributed by atoms with E-state index in [0.717, 1.165) is 16.6 Å². The van der Waals surface area contributed by atoms with Crippen LogP contribution in [0, 0.1) is 6.92 Å². The Kier molecular flexibility index (Phi) is 2.00. The van der Waals surface area contributed by atoms with Gasteiger partial charge in [-0.25, -0.2) is 0 Å². The van der Waals surface area contributed by atoms with Crippen molar-refractivity contribution >= 4 is 16.6 Å². The summed E-state index contributed by atoms with van der Waals surface area (Å²) in [6.07, 6.45) is 0. The third-order valence-electron chi connectivity index (χ3n) is 2.93. The number of hydrogen-bond acceptors (Lipinski definition) is 4. The van der Waals surface area contributed by atoms with Crippen molar-refractivity contribution in [1.29, 1.82) is 0 Å². The molecule has 0 unspecified atom stereocenters. The largest absolute Gasteiger partial charge is 0.508 e. The molecule has 3 rings (SSSR count). The highest BCUT2D eigenvalue weighted by Gasteiger charge is 2.19. The monoisotopic (exact) mass is 245 g/mol. The second-order valence-electron chi connectivity index (χ2n) is 4.13. The Hall–Kier alpha value is -2.63. The Labute approximate surface area is 101 Å². The Morgan fingerprint density at radius 1 is 1.39 bits per heavy atom. The van der Waals surface area contributed by atoms with Gasteiger partial charge in [0.05, 0.1) is 5.56 Å². The summed E-state index contributed by atoms with van der Waals surface area (Å²) in [6.45, 7) is 1.85. The molecule has 92 valence electrons. The van der Waals surface area contributed by atoms with Crippen LogP contribution in [-0.4, -0.2) is 15.2 Å². The summed E-state index contributed by atoms with van der Waals surface area (Å²) in [4.78, 5) is 14.5. The number of phenolic OH excluding ortho intramolecular Hbond substituents is 1. The molecular weight excluding hydrogens is 234 g/mol. The molecular formula is C12H11N3O3. The number of aromatic amines is 2. The number of benzene rings is 1. The molecule has 0 saturated heterocycles. The molecule has 6 heteroatoms. The minimum Gasteiger partial charge on any atom is -0.508 e. The first-order valence-electron chi connectivity index (χ1n) is 5.36. The van der Waals surface area contributed by atoms with Gasteiger partial charge >= 0.3 is 5.56 Å². The van der Waals surface area contributed by atoms with Gasteiger partial charge in [0.1, 0.15) is 11.4 Å². The fourth-order valence-corrected chi connectivity index (χ4v) is 2.10. The van der Waals surface area contributed by atoms with E-state index < -0.39 is 5.56 Å². The van der Waals surface area contributed by atoms with Crippen molar-refractivity contribution in [1.82, 2.24) is 10.1 Å². The van der Waals surface area contributed by atoms with E-state index in [1.807, 2.05) is 6.92 Å². The normalized spacial score (nSPS) is 11.2. The second kappa shape index (κ2) is 3.43. The third kappa shape index (κ3) is 1.32. The number of rotatable bonds is 1. The minimum atomic E-state index is -0.459. The van der Waals surface area contributed by atoms with Crippen molar-refractivity contribution in [2.75, 3.05) is 5.73 Å². The molecule has 2 heterocycles. The van der Waals surface area contributed by atoms with E-state index in [-0.39, 0.29) is 17.2 Å². The van der Waals surface area contributed by atoms with Crippen LogP contribution in [0.15, 0.2) is 27.5 Å². The van der Waals surface area contributed by atoms with Crippen LogP contribution in [0.5, 0.6) is 5.75 Å². The average Bonchev–Trinajstić information content (AvgIpc) is 2.81. The molecule has 0 aliphatic heterocycles. The molecule has 18 heavy (non-hydrogen) atoms. The summed E-state index contributed by atoms with van der Waals surface area (Å²) in [7, 11) is 0. The number of aromatic nitrogens is 2. The fourth-order valence-electron chi connectivity index (χ4n) is 2.10. The minimum absolute atomic E-state index is 0.0299. The molecule has 3 aromatic rings. The Balaban J connectivity index is 2.41. The Morgan fingerprint density at radius 3 is 2.83 bits per heavy atom. The molecule has 0 spiro atoms. The van der Waals surface area contributed by atoms with Gasteiger partial charge in [-0.2, -0.15) is 5.16 Å². The van der Waals surface area contributed by atoms with Crippen LogP contribution < -0.4 is 11.3 Å². The number of phenols is 1. The lowest BCUT2D eigenvalue weighted by Gasteiger charge is -1.98. The van der Waals surface area contributed by atoms with Gasteiger partial charge in [0.15, 0.2) is 5.76 Å². The average molecular weight is 245 g/mol. The SMILES string of the molecule is Cc1[nH]c2ccc(O)cc2c1-c1o[nH]c(=O)c1N. The molecule has 0 aliphatic rings. The number of aromatic hydroxyl groups is 1. The van der Waals surface area contributed by atoms with Crippen molar-refractivity contribution in [3.05, 3.63) is 34.2 Å². The van der Waals surface area contributed by atoms with Crippen LogP contribution >= 0.6 is 0 Å². The zero-order chi connectivity index (χ0) is 12.9. The predicted molar refractivity (Wildman–Crippen MR) is 67.4 cm³/mol. The van der Waals surface area contributed by atoms with Crippen LogP contribution in [0.25, 0.3) is 22.2 Å². The van der Waals surface area contributed by atoms with Crippen LogP contribution in [0.2, 0.25) is 0 Å². The van der Waals surface area contributed by atoms with Crippen LogP contribution in [0.3, 0.4) is 0 Å². The zero-order valence-corrected chi connectivity index (χ0v) is 9.57. The third-order valence-corrected chi connectivity index (χ3v) is 2.93. The Bertz CT molecular complexity index is 795. The number of aryl methyl sites for hydroxylation is 1. The molecule has 0 fully saturated rings. The molecule has 6 nitrogen and oxygen atoms in total. The van der Waals surface area contributed by atoms with E-state index >= 15 is 0 Å². The van der Waals surface area contributed by atoms with Gasteiger partial charge in [0.25, 0.3) is 0 Å². The van der Waals surface area contributed by atoms with Gasteiger partial charge in [-0.15, -0.1) is 0 Å². The molecule has 1 aromatic carbocycles. The highest BCUT2D eigenvalue weighted by Crippen LogP contribution is 2.35. The number of fused-ring (bicyclic) bond motifs is 1. The lowest BCUT2D eigenvalue weighted by molar-refractivity contribution is 0.426. The van der Waals surface area contributed by atoms with Crippen LogP contribution in [0.4, 0.5) is 5.69 Å². The van der Waals surface area contributed by atoms with Gasteiger partial charge in [-0.3, -0.25) is 4.79 Å². The topological polar surface area (TPSA) is 108 Å². The van der Waals surface area contributed by atoms with Crippen LogP contribution in [-0.2, 0) is 0 Å². The highest BCUT2D eigenvalue weighted by molar-refractivity contribution is 5.98. The number of anilines is 1.